The smallest absolute Gasteiger partial charge is 0.200 e. The molecule has 0 saturated carbocycles. The van der Waals surface area contributed by atoms with Gasteiger partial charge in [-0.3, -0.25) is 0 Å². The molecule has 0 aliphatic heterocycles. The molecule has 0 aromatic carbocycles. The summed E-state index contributed by atoms with van der Waals surface area (Å²) in [5.41, 5.74) is 1.68. The van der Waals surface area contributed by atoms with Crippen molar-refractivity contribution in [2.75, 3.05) is 11.9 Å². The second-order valence-electron chi connectivity index (χ2n) is 3.96. The zero-order valence-corrected chi connectivity index (χ0v) is 10.8. The predicted octanol–water partition coefficient (Wildman–Crippen LogP) is 0.921. The van der Waals surface area contributed by atoms with Crippen LogP contribution in [0.3, 0.4) is 0 Å². The second-order valence-corrected chi connectivity index (χ2v) is 4.90. The fourth-order valence-electron chi connectivity index (χ4n) is 1.60. The molecule has 0 aliphatic rings. The Balaban J connectivity index is 1.84. The Kier molecular flexibility index (Phi) is 2.63. The van der Waals surface area contributed by atoms with E-state index in [-0.39, 0.29) is 0 Å². The number of nitrogens with zero attached hydrogens (tertiary/aromatic N) is 7. The van der Waals surface area contributed by atoms with Gasteiger partial charge in [-0.1, -0.05) is 0 Å². The minimum absolute atomic E-state index is 0.636. The van der Waals surface area contributed by atoms with Gasteiger partial charge < -0.3 is 4.90 Å². The third kappa shape index (κ3) is 2.02. The summed E-state index contributed by atoms with van der Waals surface area (Å²) in [6, 6.07) is 3.73. The van der Waals surface area contributed by atoms with Crippen molar-refractivity contribution >= 4 is 22.8 Å². The lowest BCUT2D eigenvalue weighted by molar-refractivity contribution is 0.719. The van der Waals surface area contributed by atoms with Gasteiger partial charge in [0.25, 0.3) is 0 Å². The van der Waals surface area contributed by atoms with E-state index < -0.39 is 0 Å². The van der Waals surface area contributed by atoms with Gasteiger partial charge in [0.05, 0.1) is 6.54 Å². The normalized spacial score (nSPS) is 11.0. The zero-order valence-electron chi connectivity index (χ0n) is 9.98. The maximum Gasteiger partial charge on any atom is 0.200 e. The first-order chi connectivity index (χ1) is 8.72. The Bertz CT molecular complexity index is 673. The lowest BCUT2D eigenvalue weighted by Gasteiger charge is -2.15. The van der Waals surface area contributed by atoms with Crippen molar-refractivity contribution in [3.05, 3.63) is 28.2 Å². The molecular formula is C10H11N7S. The number of hydrogen-bond acceptors (Lipinski definition) is 7. The molecule has 0 N–H and O–H groups in total. The summed E-state index contributed by atoms with van der Waals surface area (Å²) in [5.74, 6) is 0.808. The summed E-state index contributed by atoms with van der Waals surface area (Å²) in [7, 11) is 1.97. The van der Waals surface area contributed by atoms with Crippen LogP contribution >= 0.6 is 11.3 Å². The van der Waals surface area contributed by atoms with E-state index in [9.17, 15) is 0 Å². The number of hydrogen-bond donors (Lipinski definition) is 0. The molecule has 0 radical (unpaired) electrons. The van der Waals surface area contributed by atoms with Gasteiger partial charge in [-0.15, -0.1) is 26.2 Å². The molecule has 0 saturated heterocycles. The molecule has 0 unspecified atom stereocenters. The van der Waals surface area contributed by atoms with Crippen LogP contribution in [0.4, 0.5) is 5.82 Å². The maximum absolute atomic E-state index is 4.43. The van der Waals surface area contributed by atoms with Crippen molar-refractivity contribution in [2.45, 2.75) is 13.5 Å². The van der Waals surface area contributed by atoms with Crippen LogP contribution < -0.4 is 4.90 Å². The van der Waals surface area contributed by atoms with Crippen molar-refractivity contribution in [3.8, 4) is 0 Å². The molecule has 0 atom stereocenters. The molecule has 7 nitrogen and oxygen atoms in total. The summed E-state index contributed by atoms with van der Waals surface area (Å²) < 4.78 is 1.42. The Morgan fingerprint density at radius 2 is 2.28 bits per heavy atom. The highest BCUT2D eigenvalue weighted by Gasteiger charge is 2.08. The Morgan fingerprint density at radius 1 is 1.39 bits per heavy atom. The van der Waals surface area contributed by atoms with E-state index in [2.05, 4.69) is 25.6 Å². The minimum Gasteiger partial charge on any atom is -0.351 e. The zero-order chi connectivity index (χ0) is 12.5. The first-order valence-electron chi connectivity index (χ1n) is 5.40. The van der Waals surface area contributed by atoms with Crippen LogP contribution in [0.1, 0.15) is 10.7 Å². The summed E-state index contributed by atoms with van der Waals surface area (Å²) >= 11 is 1.65. The third-order valence-corrected chi connectivity index (χ3v) is 3.44. The third-order valence-electron chi connectivity index (χ3n) is 2.49. The van der Waals surface area contributed by atoms with E-state index in [4.69, 9.17) is 0 Å². The van der Waals surface area contributed by atoms with E-state index in [1.807, 2.05) is 36.4 Å². The molecule has 3 aromatic heterocycles. The van der Waals surface area contributed by atoms with E-state index in [1.54, 1.807) is 11.3 Å². The number of aryl methyl sites for hydroxylation is 1. The van der Waals surface area contributed by atoms with E-state index in [0.717, 1.165) is 23.1 Å². The van der Waals surface area contributed by atoms with Gasteiger partial charge in [-0.05, 0) is 29.5 Å². The predicted molar refractivity (Wildman–Crippen MR) is 67.5 cm³/mol. The van der Waals surface area contributed by atoms with Crippen molar-refractivity contribution < 1.29 is 0 Å². The van der Waals surface area contributed by atoms with Gasteiger partial charge in [0.2, 0.25) is 0 Å². The molecule has 0 aliphatic carbocycles. The van der Waals surface area contributed by atoms with Crippen molar-refractivity contribution in [2.24, 2.45) is 0 Å². The van der Waals surface area contributed by atoms with Crippen LogP contribution in [0.2, 0.25) is 0 Å². The largest absolute Gasteiger partial charge is 0.351 e. The highest BCUT2D eigenvalue weighted by Crippen LogP contribution is 2.15. The van der Waals surface area contributed by atoms with Gasteiger partial charge in [-0.2, -0.15) is 0 Å². The molecular weight excluding hydrogens is 250 g/mol. The topological polar surface area (TPSA) is 72.1 Å². The van der Waals surface area contributed by atoms with Crippen LogP contribution in [0.5, 0.6) is 0 Å². The number of anilines is 1. The van der Waals surface area contributed by atoms with Crippen LogP contribution in [0.25, 0.3) is 5.65 Å². The highest BCUT2D eigenvalue weighted by molar-refractivity contribution is 7.09. The number of thiazole rings is 1. The summed E-state index contributed by atoms with van der Waals surface area (Å²) in [6.45, 7) is 2.71. The maximum atomic E-state index is 4.43. The van der Waals surface area contributed by atoms with Gasteiger partial charge in [0, 0.05) is 18.1 Å². The first-order valence-corrected chi connectivity index (χ1v) is 6.28. The van der Waals surface area contributed by atoms with Crippen LogP contribution in [0.15, 0.2) is 17.5 Å². The fraction of sp³-hybridized carbons (Fsp3) is 0.300. The Hall–Kier alpha value is -2.09. The summed E-state index contributed by atoms with van der Waals surface area (Å²) in [5, 5.41) is 18.6. The molecule has 0 bridgehead atoms. The second kappa shape index (κ2) is 4.30. The average molecular weight is 261 g/mol. The minimum atomic E-state index is 0.636. The average Bonchev–Trinajstić information content (AvgIpc) is 2.96. The monoisotopic (exact) mass is 261 g/mol. The molecule has 0 fully saturated rings. The van der Waals surface area contributed by atoms with Crippen LogP contribution in [0, 0.1) is 6.92 Å². The van der Waals surface area contributed by atoms with E-state index in [1.165, 1.54) is 4.63 Å². The molecule has 0 amide bonds. The van der Waals surface area contributed by atoms with Gasteiger partial charge in [0.1, 0.15) is 5.01 Å². The summed E-state index contributed by atoms with van der Waals surface area (Å²) in [4.78, 5) is 6.44. The Morgan fingerprint density at radius 3 is 3.06 bits per heavy atom. The van der Waals surface area contributed by atoms with Crippen LogP contribution in [-0.4, -0.2) is 37.3 Å². The SMILES string of the molecule is Cc1csc(CN(C)c2ccc3nnnn3n2)n1. The van der Waals surface area contributed by atoms with E-state index in [0.29, 0.717) is 5.65 Å². The van der Waals surface area contributed by atoms with Gasteiger partial charge in [0.15, 0.2) is 11.5 Å². The lowest BCUT2D eigenvalue weighted by Crippen LogP contribution is -2.18. The van der Waals surface area contributed by atoms with E-state index >= 15 is 0 Å². The number of rotatable bonds is 3. The standard InChI is InChI=1S/C10H11N7S/c1-7-6-18-10(11-7)5-16(2)9-4-3-8-12-14-15-17(8)13-9/h3-4,6H,5H2,1-2H3. The molecule has 3 aromatic rings. The molecule has 8 heteroatoms. The van der Waals surface area contributed by atoms with Crippen LogP contribution in [-0.2, 0) is 6.54 Å². The molecule has 92 valence electrons. The molecule has 3 rings (SSSR count). The first kappa shape index (κ1) is 11.0. The fourth-order valence-corrected chi connectivity index (χ4v) is 2.43. The molecule has 0 spiro atoms. The molecule has 18 heavy (non-hydrogen) atoms. The van der Waals surface area contributed by atoms with Gasteiger partial charge >= 0.3 is 0 Å². The lowest BCUT2D eigenvalue weighted by atomic mass is 10.4. The number of fused-ring (bicyclic) bond motifs is 1. The highest BCUT2D eigenvalue weighted by atomic mass is 32.1. The Labute approximate surface area is 107 Å². The molecule has 3 heterocycles. The quantitative estimate of drug-likeness (QED) is 0.698. The van der Waals surface area contributed by atoms with Crippen molar-refractivity contribution in [1.29, 1.82) is 0 Å². The number of tetrazole rings is 1. The number of aromatic nitrogens is 6. The van der Waals surface area contributed by atoms with Crippen molar-refractivity contribution in [3.63, 3.8) is 0 Å². The summed E-state index contributed by atoms with van der Waals surface area (Å²) in [6.07, 6.45) is 0. The van der Waals surface area contributed by atoms with Gasteiger partial charge in [-0.25, -0.2) is 4.98 Å². The van der Waals surface area contributed by atoms with Crippen molar-refractivity contribution in [1.82, 2.24) is 30.2 Å².